The van der Waals surface area contributed by atoms with Gasteiger partial charge in [0.2, 0.25) is 0 Å². The number of non-ortho nitro benzene ring substituents is 1. The number of amides is 1. The predicted octanol–water partition coefficient (Wildman–Crippen LogP) is 4.59. The Morgan fingerprint density at radius 1 is 1.10 bits per heavy atom. The lowest BCUT2D eigenvalue weighted by atomic mass is 10.2. The lowest BCUT2D eigenvalue weighted by Crippen LogP contribution is -2.18. The van der Waals surface area contributed by atoms with Crippen molar-refractivity contribution in [2.75, 3.05) is 0 Å². The summed E-state index contributed by atoms with van der Waals surface area (Å²) in [5, 5.41) is 15.0. The van der Waals surface area contributed by atoms with Crippen LogP contribution in [0.15, 0.2) is 77.9 Å². The number of hydrogen-bond acceptors (Lipinski definition) is 5. The van der Waals surface area contributed by atoms with E-state index in [-0.39, 0.29) is 10.7 Å². The first kappa shape index (κ1) is 20.0. The summed E-state index contributed by atoms with van der Waals surface area (Å²) >= 11 is 6.01. The maximum absolute atomic E-state index is 12.5. The van der Waals surface area contributed by atoms with Crippen LogP contribution in [0, 0.1) is 10.1 Å². The van der Waals surface area contributed by atoms with E-state index in [0.29, 0.717) is 23.5 Å². The highest BCUT2D eigenvalue weighted by Gasteiger charge is 2.12. The summed E-state index contributed by atoms with van der Waals surface area (Å²) in [5.41, 5.74) is 3.86. The Bertz CT molecular complexity index is 1050. The summed E-state index contributed by atoms with van der Waals surface area (Å²) in [5.74, 6) is -0.0658. The van der Waals surface area contributed by atoms with Crippen molar-refractivity contribution in [3.8, 4) is 5.75 Å². The Balaban J connectivity index is 1.69. The molecule has 0 saturated carbocycles. The predicted molar refractivity (Wildman–Crippen MR) is 110 cm³/mol. The molecule has 0 bridgehead atoms. The van der Waals surface area contributed by atoms with Gasteiger partial charge in [-0.05, 0) is 23.8 Å². The average Bonchev–Trinajstić information content (AvgIpc) is 2.74. The number of ether oxygens (including phenoxy) is 1. The molecule has 0 saturated heterocycles. The number of nitro groups is 1. The molecule has 0 aliphatic heterocycles. The third-order valence-electron chi connectivity index (χ3n) is 3.93. The van der Waals surface area contributed by atoms with Crippen molar-refractivity contribution >= 4 is 29.4 Å². The van der Waals surface area contributed by atoms with Crippen molar-refractivity contribution in [1.29, 1.82) is 0 Å². The van der Waals surface area contributed by atoms with E-state index < -0.39 is 10.8 Å². The highest BCUT2D eigenvalue weighted by atomic mass is 35.5. The van der Waals surface area contributed by atoms with Crippen LogP contribution in [0.4, 0.5) is 5.69 Å². The van der Waals surface area contributed by atoms with Crippen molar-refractivity contribution in [2.45, 2.75) is 6.61 Å². The number of nitrogens with zero attached hydrogens (tertiary/aromatic N) is 2. The normalized spacial score (nSPS) is 10.7. The fraction of sp³-hybridized carbons (Fsp3) is 0.0476. The molecule has 3 rings (SSSR count). The molecule has 0 atom stereocenters. The summed E-state index contributed by atoms with van der Waals surface area (Å²) in [6.45, 7) is 0.317. The Labute approximate surface area is 171 Å². The van der Waals surface area contributed by atoms with Crippen LogP contribution in [0.2, 0.25) is 5.02 Å². The monoisotopic (exact) mass is 409 g/mol. The number of hydrogen-bond donors (Lipinski definition) is 1. The van der Waals surface area contributed by atoms with E-state index in [1.165, 1.54) is 24.4 Å². The number of rotatable bonds is 7. The molecule has 0 fully saturated rings. The fourth-order valence-corrected chi connectivity index (χ4v) is 2.65. The number of nitro benzene ring substituents is 1. The number of nitrogens with one attached hydrogen (secondary N) is 1. The number of hydrazone groups is 1. The second-order valence-electron chi connectivity index (χ2n) is 5.93. The Morgan fingerprint density at radius 3 is 2.59 bits per heavy atom. The third-order valence-corrected chi connectivity index (χ3v) is 4.27. The molecular weight excluding hydrogens is 394 g/mol. The first-order valence-electron chi connectivity index (χ1n) is 8.57. The van der Waals surface area contributed by atoms with Gasteiger partial charge >= 0.3 is 0 Å². The van der Waals surface area contributed by atoms with Crippen LogP contribution in [-0.4, -0.2) is 17.0 Å². The zero-order valence-electron chi connectivity index (χ0n) is 15.1. The molecular formula is C21H16ClN3O4. The van der Waals surface area contributed by atoms with Gasteiger partial charge in [-0.2, -0.15) is 5.10 Å². The van der Waals surface area contributed by atoms with Crippen LogP contribution in [0.1, 0.15) is 21.5 Å². The molecule has 146 valence electrons. The average molecular weight is 410 g/mol. The van der Waals surface area contributed by atoms with Crippen LogP contribution >= 0.6 is 11.6 Å². The number of halogens is 1. The van der Waals surface area contributed by atoms with E-state index in [1.54, 1.807) is 24.3 Å². The van der Waals surface area contributed by atoms with Crippen molar-refractivity contribution in [1.82, 2.24) is 5.43 Å². The smallest absolute Gasteiger partial charge is 0.275 e. The van der Waals surface area contributed by atoms with Crippen molar-refractivity contribution < 1.29 is 14.5 Å². The number of carbonyl (C=O) groups excluding carboxylic acids is 1. The first-order chi connectivity index (χ1) is 14.0. The van der Waals surface area contributed by atoms with Gasteiger partial charge in [-0.25, -0.2) is 5.43 Å². The molecule has 0 spiro atoms. The van der Waals surface area contributed by atoms with E-state index >= 15 is 0 Å². The van der Waals surface area contributed by atoms with E-state index in [1.807, 2.05) is 30.3 Å². The Hall–Kier alpha value is -3.71. The maximum Gasteiger partial charge on any atom is 0.275 e. The lowest BCUT2D eigenvalue weighted by molar-refractivity contribution is -0.384. The maximum atomic E-state index is 12.5. The molecule has 0 aromatic heterocycles. The van der Waals surface area contributed by atoms with Crippen molar-refractivity contribution in [2.24, 2.45) is 5.10 Å². The molecule has 29 heavy (non-hydrogen) atoms. The second kappa shape index (κ2) is 9.48. The standard InChI is InChI=1S/C21H16ClN3O4/c22-19-11-10-17(25(27)28)12-16(19)13-23-24-21(26)18-8-4-5-9-20(18)29-14-15-6-2-1-3-7-15/h1-13H,14H2,(H,24,26). The summed E-state index contributed by atoms with van der Waals surface area (Å²) in [4.78, 5) is 22.8. The largest absolute Gasteiger partial charge is 0.488 e. The molecule has 8 heteroatoms. The molecule has 0 heterocycles. The van der Waals surface area contributed by atoms with Gasteiger partial charge in [0.05, 0.1) is 16.7 Å². The summed E-state index contributed by atoms with van der Waals surface area (Å²) in [6.07, 6.45) is 1.25. The molecule has 3 aromatic rings. The minimum atomic E-state index is -0.535. The van der Waals surface area contributed by atoms with Crippen LogP contribution < -0.4 is 10.2 Å². The zero-order valence-corrected chi connectivity index (χ0v) is 15.9. The Kier molecular flexibility index (Phi) is 6.55. The van der Waals surface area contributed by atoms with Gasteiger partial charge in [0, 0.05) is 22.7 Å². The van der Waals surface area contributed by atoms with Gasteiger partial charge in [0.1, 0.15) is 12.4 Å². The van der Waals surface area contributed by atoms with E-state index in [0.717, 1.165) is 5.56 Å². The summed E-state index contributed by atoms with van der Waals surface area (Å²) in [7, 11) is 0. The lowest BCUT2D eigenvalue weighted by Gasteiger charge is -2.10. The van der Waals surface area contributed by atoms with Crippen molar-refractivity contribution in [3.63, 3.8) is 0 Å². The topological polar surface area (TPSA) is 93.8 Å². The van der Waals surface area contributed by atoms with Gasteiger partial charge in [-0.3, -0.25) is 14.9 Å². The molecule has 0 aliphatic carbocycles. The van der Waals surface area contributed by atoms with E-state index in [4.69, 9.17) is 16.3 Å². The first-order valence-corrected chi connectivity index (χ1v) is 8.95. The van der Waals surface area contributed by atoms with Gasteiger partial charge in [-0.1, -0.05) is 54.1 Å². The molecule has 7 nitrogen and oxygen atoms in total. The quantitative estimate of drug-likeness (QED) is 0.351. The Morgan fingerprint density at radius 2 is 1.83 bits per heavy atom. The van der Waals surface area contributed by atoms with Crippen LogP contribution in [-0.2, 0) is 6.61 Å². The number of benzene rings is 3. The van der Waals surface area contributed by atoms with Crippen molar-refractivity contribution in [3.05, 3.63) is 105 Å². The van der Waals surface area contributed by atoms with E-state index in [9.17, 15) is 14.9 Å². The second-order valence-corrected chi connectivity index (χ2v) is 6.34. The number of carbonyl (C=O) groups is 1. The molecule has 0 unspecified atom stereocenters. The summed E-state index contributed by atoms with van der Waals surface area (Å²) < 4.78 is 5.76. The summed E-state index contributed by atoms with van der Waals surface area (Å²) in [6, 6.07) is 20.3. The molecule has 0 radical (unpaired) electrons. The van der Waals surface area contributed by atoms with Gasteiger partial charge in [0.15, 0.2) is 0 Å². The highest BCUT2D eigenvalue weighted by molar-refractivity contribution is 6.33. The minimum absolute atomic E-state index is 0.123. The van der Waals surface area contributed by atoms with Crippen LogP contribution in [0.3, 0.4) is 0 Å². The molecule has 1 amide bonds. The SMILES string of the molecule is O=C(NN=Cc1cc([N+](=O)[O-])ccc1Cl)c1ccccc1OCc1ccccc1. The minimum Gasteiger partial charge on any atom is -0.488 e. The van der Waals surface area contributed by atoms with Gasteiger partial charge < -0.3 is 4.74 Å². The fourth-order valence-electron chi connectivity index (χ4n) is 2.48. The zero-order chi connectivity index (χ0) is 20.6. The molecule has 1 N–H and O–H groups in total. The van der Waals surface area contributed by atoms with Crippen LogP contribution in [0.25, 0.3) is 0 Å². The number of para-hydroxylation sites is 1. The third kappa shape index (κ3) is 5.40. The molecule has 3 aromatic carbocycles. The van der Waals surface area contributed by atoms with Crippen LogP contribution in [0.5, 0.6) is 5.75 Å². The molecule has 0 aliphatic rings. The van der Waals surface area contributed by atoms with E-state index in [2.05, 4.69) is 10.5 Å². The van der Waals surface area contributed by atoms with Gasteiger partial charge in [0.25, 0.3) is 11.6 Å². The van der Waals surface area contributed by atoms with Gasteiger partial charge in [-0.15, -0.1) is 0 Å². The highest BCUT2D eigenvalue weighted by Crippen LogP contribution is 2.21.